The van der Waals surface area contributed by atoms with Crippen LogP contribution in [0, 0.1) is 17.6 Å². The molecule has 1 amide bonds. The summed E-state index contributed by atoms with van der Waals surface area (Å²) in [5.74, 6) is -2.03. The fraction of sp³-hybridized carbons (Fsp3) is 0.292. The zero-order valence-electron chi connectivity index (χ0n) is 19.3. The Kier molecular flexibility index (Phi) is 7.29. The lowest BCUT2D eigenvalue weighted by Crippen LogP contribution is -2.45. The zero-order chi connectivity index (χ0) is 27.0. The van der Waals surface area contributed by atoms with E-state index in [4.69, 9.17) is 0 Å². The van der Waals surface area contributed by atoms with Gasteiger partial charge in [-0.25, -0.2) is 17.2 Å². The SMILES string of the molecule is CC1CC(C(=O)NCc2cc(F)cc(-c3ccc(C(F)(F)F)nn3)c2)N(S(=O)(=O)c2ccc(F)cc2)C1. The molecule has 1 aliphatic heterocycles. The molecule has 0 radical (unpaired) electrons. The molecule has 1 aromatic heterocycles. The van der Waals surface area contributed by atoms with Gasteiger partial charge in [0.2, 0.25) is 15.9 Å². The molecule has 2 unspecified atom stereocenters. The topological polar surface area (TPSA) is 92.3 Å². The molecule has 1 fully saturated rings. The van der Waals surface area contributed by atoms with Crippen molar-refractivity contribution in [2.24, 2.45) is 5.92 Å². The molecule has 37 heavy (non-hydrogen) atoms. The Morgan fingerprint density at radius 2 is 1.73 bits per heavy atom. The number of amides is 1. The van der Waals surface area contributed by atoms with E-state index in [2.05, 4.69) is 15.5 Å². The molecule has 2 heterocycles. The predicted octanol–water partition coefficient (Wildman–Crippen LogP) is 4.16. The molecule has 1 aliphatic rings. The molecule has 3 aromatic rings. The van der Waals surface area contributed by atoms with Gasteiger partial charge in [-0.15, -0.1) is 10.2 Å². The van der Waals surface area contributed by atoms with Crippen LogP contribution in [0.2, 0.25) is 0 Å². The maximum absolute atomic E-state index is 14.2. The fourth-order valence-corrected chi connectivity index (χ4v) is 5.82. The molecule has 0 bridgehead atoms. The molecule has 0 aliphatic carbocycles. The van der Waals surface area contributed by atoms with Crippen molar-refractivity contribution in [3.05, 3.63) is 77.5 Å². The average Bonchev–Trinajstić information content (AvgIpc) is 3.25. The van der Waals surface area contributed by atoms with Crippen molar-refractivity contribution < 1.29 is 35.2 Å². The molecule has 1 saturated heterocycles. The Labute approximate surface area is 209 Å². The predicted molar refractivity (Wildman–Crippen MR) is 122 cm³/mol. The van der Waals surface area contributed by atoms with Crippen molar-refractivity contribution >= 4 is 15.9 Å². The van der Waals surface area contributed by atoms with Gasteiger partial charge in [0.05, 0.1) is 10.6 Å². The van der Waals surface area contributed by atoms with E-state index < -0.39 is 45.5 Å². The molecular formula is C24H21F5N4O3S. The van der Waals surface area contributed by atoms with Crippen molar-refractivity contribution in [2.75, 3.05) is 6.54 Å². The first-order valence-electron chi connectivity index (χ1n) is 11.1. The van der Waals surface area contributed by atoms with E-state index in [1.807, 2.05) is 0 Å². The summed E-state index contributed by atoms with van der Waals surface area (Å²) in [6.07, 6.45) is -4.42. The number of benzene rings is 2. The van der Waals surface area contributed by atoms with Crippen LogP contribution in [0.3, 0.4) is 0 Å². The summed E-state index contributed by atoms with van der Waals surface area (Å²) >= 11 is 0. The maximum atomic E-state index is 14.2. The van der Waals surface area contributed by atoms with Gasteiger partial charge in [0.15, 0.2) is 5.69 Å². The molecule has 0 saturated carbocycles. The van der Waals surface area contributed by atoms with Gasteiger partial charge >= 0.3 is 6.18 Å². The summed E-state index contributed by atoms with van der Waals surface area (Å²) in [5, 5.41) is 9.25. The number of aromatic nitrogens is 2. The first-order valence-corrected chi connectivity index (χ1v) is 12.5. The van der Waals surface area contributed by atoms with Crippen molar-refractivity contribution in [2.45, 2.75) is 37.0 Å². The number of carbonyl (C=O) groups is 1. The van der Waals surface area contributed by atoms with Gasteiger partial charge in [0.1, 0.15) is 17.7 Å². The lowest BCUT2D eigenvalue weighted by Gasteiger charge is -2.23. The second-order valence-electron chi connectivity index (χ2n) is 8.75. The van der Waals surface area contributed by atoms with E-state index in [1.165, 1.54) is 6.07 Å². The molecule has 196 valence electrons. The van der Waals surface area contributed by atoms with Crippen LogP contribution in [-0.2, 0) is 27.5 Å². The molecule has 13 heteroatoms. The Morgan fingerprint density at radius 1 is 1.03 bits per heavy atom. The minimum atomic E-state index is -4.67. The minimum absolute atomic E-state index is 0.00117. The number of halogens is 5. The lowest BCUT2D eigenvalue weighted by atomic mass is 10.1. The van der Waals surface area contributed by atoms with Gasteiger partial charge in [-0.1, -0.05) is 6.92 Å². The zero-order valence-corrected chi connectivity index (χ0v) is 20.2. The highest BCUT2D eigenvalue weighted by Crippen LogP contribution is 2.30. The first-order chi connectivity index (χ1) is 17.3. The van der Waals surface area contributed by atoms with Crippen LogP contribution < -0.4 is 5.32 Å². The number of nitrogens with one attached hydrogen (secondary N) is 1. The summed E-state index contributed by atoms with van der Waals surface area (Å²) in [6, 6.07) is 8.68. The Hall–Kier alpha value is -3.45. The van der Waals surface area contributed by atoms with Crippen LogP contribution in [0.5, 0.6) is 0 Å². The van der Waals surface area contributed by atoms with E-state index in [1.54, 1.807) is 6.92 Å². The third-order valence-electron chi connectivity index (χ3n) is 5.86. The summed E-state index contributed by atoms with van der Waals surface area (Å²) < 4.78 is 93.0. The second-order valence-corrected chi connectivity index (χ2v) is 10.6. The smallest absolute Gasteiger partial charge is 0.351 e. The van der Waals surface area contributed by atoms with Gasteiger partial charge < -0.3 is 5.32 Å². The summed E-state index contributed by atoms with van der Waals surface area (Å²) in [7, 11) is -4.08. The van der Waals surface area contributed by atoms with E-state index in [9.17, 15) is 35.2 Å². The van der Waals surface area contributed by atoms with Gasteiger partial charge in [-0.05, 0) is 72.5 Å². The van der Waals surface area contributed by atoms with Gasteiger partial charge in [0.25, 0.3) is 0 Å². The number of sulfonamides is 1. The number of carbonyl (C=O) groups excluding carboxylic acids is 1. The number of nitrogens with zero attached hydrogens (tertiary/aromatic N) is 3. The minimum Gasteiger partial charge on any atom is -0.351 e. The Balaban J connectivity index is 1.50. The van der Waals surface area contributed by atoms with Crippen LogP contribution in [0.1, 0.15) is 24.6 Å². The van der Waals surface area contributed by atoms with E-state index in [0.29, 0.717) is 0 Å². The quantitative estimate of drug-likeness (QED) is 0.475. The normalized spacial score (nSPS) is 18.6. The van der Waals surface area contributed by atoms with Gasteiger partial charge in [-0.2, -0.15) is 17.5 Å². The van der Waals surface area contributed by atoms with Crippen LogP contribution in [0.4, 0.5) is 22.0 Å². The van der Waals surface area contributed by atoms with Gasteiger partial charge in [0, 0.05) is 18.7 Å². The average molecular weight is 541 g/mol. The van der Waals surface area contributed by atoms with Crippen LogP contribution in [-0.4, -0.2) is 41.4 Å². The first kappa shape index (κ1) is 26.6. The Morgan fingerprint density at radius 3 is 2.35 bits per heavy atom. The standard InChI is InChI=1S/C24H21F5N4O3S/c1-14-8-21(33(13-14)37(35,36)19-4-2-17(25)3-5-19)23(34)30-12-15-9-16(11-18(26)10-15)20-6-7-22(32-31-20)24(27,28)29/h2-7,9-11,14,21H,8,12-13H2,1H3,(H,30,34). The monoisotopic (exact) mass is 540 g/mol. The summed E-state index contributed by atoms with van der Waals surface area (Å²) in [4.78, 5) is 12.8. The van der Waals surface area contributed by atoms with Crippen molar-refractivity contribution in [3.8, 4) is 11.3 Å². The third-order valence-corrected chi connectivity index (χ3v) is 7.75. The van der Waals surface area contributed by atoms with Crippen LogP contribution >= 0.6 is 0 Å². The molecule has 4 rings (SSSR count). The highest BCUT2D eigenvalue weighted by atomic mass is 32.2. The van der Waals surface area contributed by atoms with Crippen molar-refractivity contribution in [3.63, 3.8) is 0 Å². The highest BCUT2D eigenvalue weighted by Gasteiger charge is 2.42. The van der Waals surface area contributed by atoms with Gasteiger partial charge in [-0.3, -0.25) is 4.79 Å². The molecule has 1 N–H and O–H groups in total. The number of hydrogen-bond donors (Lipinski definition) is 1. The van der Waals surface area contributed by atoms with Crippen LogP contribution in [0.15, 0.2) is 59.5 Å². The summed E-state index contributed by atoms with van der Waals surface area (Å²) in [6.45, 7) is 1.71. The second kappa shape index (κ2) is 10.1. The van der Waals surface area contributed by atoms with Crippen molar-refractivity contribution in [1.29, 1.82) is 0 Å². The molecule has 7 nitrogen and oxygen atoms in total. The van der Waals surface area contributed by atoms with E-state index >= 15 is 0 Å². The largest absolute Gasteiger partial charge is 0.435 e. The highest BCUT2D eigenvalue weighted by molar-refractivity contribution is 7.89. The molecule has 2 aromatic carbocycles. The summed E-state index contributed by atoms with van der Waals surface area (Å²) in [5.41, 5.74) is -0.753. The van der Waals surface area contributed by atoms with Crippen LogP contribution in [0.25, 0.3) is 11.3 Å². The molecule has 0 spiro atoms. The van der Waals surface area contributed by atoms with E-state index in [-0.39, 0.29) is 47.1 Å². The third kappa shape index (κ3) is 5.93. The van der Waals surface area contributed by atoms with E-state index in [0.717, 1.165) is 52.8 Å². The molecular weight excluding hydrogens is 519 g/mol. The maximum Gasteiger partial charge on any atom is 0.435 e. The molecule has 2 atom stereocenters. The Bertz CT molecular complexity index is 1400. The number of rotatable bonds is 6. The number of hydrogen-bond acceptors (Lipinski definition) is 5. The lowest BCUT2D eigenvalue weighted by molar-refractivity contribution is -0.141. The van der Waals surface area contributed by atoms with Crippen molar-refractivity contribution in [1.82, 2.24) is 19.8 Å². The number of alkyl halides is 3. The fourth-order valence-electron chi connectivity index (χ4n) is 4.10.